The molecule has 0 bridgehead atoms. The van der Waals surface area contributed by atoms with Gasteiger partial charge in [0.1, 0.15) is 6.29 Å². The SMILES string of the molecule is CN(Cc1c(C=O)cccc1SCCCCCCCC(=O)N1CCCCC1)C1CCC(=O)NC1=O. The first-order valence-corrected chi connectivity index (χ1v) is 14.0. The summed E-state index contributed by atoms with van der Waals surface area (Å²) in [6, 6.07) is 5.39. The molecule has 2 fully saturated rings. The first kappa shape index (κ1) is 27.4. The van der Waals surface area contributed by atoms with E-state index in [1.54, 1.807) is 11.8 Å². The molecule has 1 atom stereocenters. The molecule has 2 heterocycles. The van der Waals surface area contributed by atoms with Gasteiger partial charge in [0.2, 0.25) is 17.7 Å². The quantitative estimate of drug-likeness (QED) is 0.189. The van der Waals surface area contributed by atoms with Crippen molar-refractivity contribution in [2.24, 2.45) is 0 Å². The molecule has 2 aliphatic heterocycles. The molecule has 1 aromatic carbocycles. The summed E-state index contributed by atoms with van der Waals surface area (Å²) in [7, 11) is 1.87. The molecule has 0 aromatic heterocycles. The van der Waals surface area contributed by atoms with Gasteiger partial charge < -0.3 is 4.90 Å². The fraction of sp³-hybridized carbons (Fsp3) is 0.630. The predicted molar refractivity (Wildman–Crippen MR) is 138 cm³/mol. The van der Waals surface area contributed by atoms with Crippen LogP contribution >= 0.6 is 11.8 Å². The Morgan fingerprint density at radius 2 is 1.86 bits per heavy atom. The van der Waals surface area contributed by atoms with Gasteiger partial charge in [-0.25, -0.2) is 0 Å². The van der Waals surface area contributed by atoms with E-state index in [0.717, 1.165) is 80.5 Å². The third-order valence-corrected chi connectivity index (χ3v) is 8.13. The van der Waals surface area contributed by atoms with Crippen LogP contribution in [0.25, 0.3) is 0 Å². The lowest BCUT2D eigenvalue weighted by Gasteiger charge is -2.30. The van der Waals surface area contributed by atoms with E-state index in [9.17, 15) is 19.2 Å². The lowest BCUT2D eigenvalue weighted by atomic mass is 10.0. The lowest BCUT2D eigenvalue weighted by molar-refractivity contribution is -0.137. The van der Waals surface area contributed by atoms with Gasteiger partial charge in [0.25, 0.3) is 0 Å². The fourth-order valence-electron chi connectivity index (χ4n) is 4.85. The third-order valence-electron chi connectivity index (χ3n) is 6.95. The minimum Gasteiger partial charge on any atom is -0.343 e. The molecule has 2 saturated heterocycles. The molecule has 3 rings (SSSR count). The standard InChI is InChI=1S/C27H39N3O4S/c1-29(23-14-15-25(32)28-27(23)34)19-22-21(20-31)11-10-12-24(22)35-18-9-4-2-3-6-13-26(33)30-16-7-5-8-17-30/h10-12,20,23H,2-9,13-19H2,1H3,(H,28,32,34). The van der Waals surface area contributed by atoms with Crippen LogP contribution < -0.4 is 5.32 Å². The van der Waals surface area contributed by atoms with Crippen molar-refractivity contribution in [2.75, 3.05) is 25.9 Å². The largest absolute Gasteiger partial charge is 0.343 e. The van der Waals surface area contributed by atoms with Gasteiger partial charge in [0.15, 0.2) is 0 Å². The fourth-order valence-corrected chi connectivity index (χ4v) is 5.95. The molecule has 0 spiro atoms. The van der Waals surface area contributed by atoms with Crippen LogP contribution in [-0.4, -0.2) is 65.7 Å². The molecule has 1 N–H and O–H groups in total. The maximum atomic E-state index is 12.2. The second-order valence-electron chi connectivity index (χ2n) is 9.63. The molecule has 192 valence electrons. The summed E-state index contributed by atoms with van der Waals surface area (Å²) in [6.07, 6.45) is 11.3. The van der Waals surface area contributed by atoms with Crippen LogP contribution in [0.2, 0.25) is 0 Å². The summed E-state index contributed by atoms with van der Waals surface area (Å²) in [5.41, 5.74) is 1.59. The van der Waals surface area contributed by atoms with Gasteiger partial charge in [-0.3, -0.25) is 29.4 Å². The number of imide groups is 1. The number of piperidine rings is 2. The Morgan fingerprint density at radius 1 is 1.11 bits per heavy atom. The number of likely N-dealkylation sites (tertiary alicyclic amines) is 1. The van der Waals surface area contributed by atoms with Crippen molar-refractivity contribution >= 4 is 35.8 Å². The molecule has 0 saturated carbocycles. The average molecular weight is 502 g/mol. The van der Waals surface area contributed by atoms with Crippen molar-refractivity contribution in [3.8, 4) is 0 Å². The molecule has 0 aliphatic carbocycles. The number of thioether (sulfide) groups is 1. The van der Waals surface area contributed by atoms with E-state index < -0.39 is 0 Å². The van der Waals surface area contributed by atoms with Gasteiger partial charge in [-0.1, -0.05) is 31.4 Å². The van der Waals surface area contributed by atoms with E-state index in [0.29, 0.717) is 37.3 Å². The van der Waals surface area contributed by atoms with Gasteiger partial charge in [-0.2, -0.15) is 0 Å². The molecule has 7 nitrogen and oxygen atoms in total. The molecule has 35 heavy (non-hydrogen) atoms. The number of hydrogen-bond acceptors (Lipinski definition) is 6. The van der Waals surface area contributed by atoms with Crippen LogP contribution in [0.1, 0.15) is 86.6 Å². The Bertz CT molecular complexity index is 885. The second-order valence-corrected chi connectivity index (χ2v) is 10.8. The number of aldehydes is 1. The van der Waals surface area contributed by atoms with Crippen LogP contribution in [0.4, 0.5) is 0 Å². The number of nitrogens with zero attached hydrogens (tertiary/aromatic N) is 2. The minimum atomic E-state index is -0.368. The molecule has 2 aliphatic rings. The number of hydrogen-bond donors (Lipinski definition) is 1. The monoisotopic (exact) mass is 501 g/mol. The zero-order valence-corrected chi connectivity index (χ0v) is 21.7. The Labute approximate surface area is 213 Å². The van der Waals surface area contributed by atoms with Crippen molar-refractivity contribution in [2.45, 2.75) is 88.1 Å². The average Bonchev–Trinajstić information content (AvgIpc) is 2.86. The Hall–Kier alpha value is -2.19. The van der Waals surface area contributed by atoms with Crippen LogP contribution in [0.5, 0.6) is 0 Å². The van der Waals surface area contributed by atoms with Gasteiger partial charge in [0, 0.05) is 42.9 Å². The third kappa shape index (κ3) is 8.46. The molecular weight excluding hydrogens is 462 g/mol. The van der Waals surface area contributed by atoms with E-state index >= 15 is 0 Å². The number of nitrogens with one attached hydrogen (secondary N) is 1. The maximum absolute atomic E-state index is 12.2. The van der Waals surface area contributed by atoms with Crippen LogP contribution in [0.15, 0.2) is 23.1 Å². The van der Waals surface area contributed by atoms with Gasteiger partial charge in [-0.15, -0.1) is 11.8 Å². The Balaban J connectivity index is 1.39. The topological polar surface area (TPSA) is 86.8 Å². The van der Waals surface area contributed by atoms with E-state index in [2.05, 4.69) is 5.32 Å². The van der Waals surface area contributed by atoms with Crippen molar-refractivity contribution < 1.29 is 19.2 Å². The minimum absolute atomic E-state index is 0.224. The van der Waals surface area contributed by atoms with Crippen LogP contribution in [0.3, 0.4) is 0 Å². The first-order chi connectivity index (χ1) is 17.0. The van der Waals surface area contributed by atoms with Gasteiger partial charge in [0.05, 0.1) is 6.04 Å². The highest BCUT2D eigenvalue weighted by molar-refractivity contribution is 7.99. The van der Waals surface area contributed by atoms with Crippen molar-refractivity contribution in [3.63, 3.8) is 0 Å². The number of carbonyl (C=O) groups excluding carboxylic acids is 4. The molecule has 0 radical (unpaired) electrons. The number of likely N-dealkylation sites (N-methyl/N-ethyl adjacent to an activating group) is 1. The number of unbranched alkanes of at least 4 members (excludes halogenated alkanes) is 4. The second kappa shape index (κ2) is 14.4. The summed E-state index contributed by atoms with van der Waals surface area (Å²) in [5, 5.41) is 2.41. The van der Waals surface area contributed by atoms with E-state index in [-0.39, 0.29) is 17.9 Å². The number of benzene rings is 1. The van der Waals surface area contributed by atoms with Crippen molar-refractivity contribution in [1.82, 2.24) is 15.1 Å². The summed E-state index contributed by atoms with van der Waals surface area (Å²) in [5.74, 6) is 0.798. The zero-order chi connectivity index (χ0) is 25.0. The van der Waals surface area contributed by atoms with Crippen molar-refractivity contribution in [1.29, 1.82) is 0 Å². The summed E-state index contributed by atoms with van der Waals surface area (Å²) in [6.45, 7) is 2.36. The van der Waals surface area contributed by atoms with E-state index in [1.165, 1.54) is 6.42 Å². The first-order valence-electron chi connectivity index (χ1n) is 13.0. The molecule has 8 heteroatoms. The maximum Gasteiger partial charge on any atom is 0.243 e. The highest BCUT2D eigenvalue weighted by atomic mass is 32.2. The number of rotatable bonds is 13. The summed E-state index contributed by atoms with van der Waals surface area (Å²) in [4.78, 5) is 52.7. The van der Waals surface area contributed by atoms with Crippen molar-refractivity contribution in [3.05, 3.63) is 29.3 Å². The normalized spacial score (nSPS) is 18.6. The zero-order valence-electron chi connectivity index (χ0n) is 20.9. The predicted octanol–water partition coefficient (Wildman–Crippen LogP) is 4.18. The highest BCUT2D eigenvalue weighted by Gasteiger charge is 2.30. The number of amides is 3. The Kier molecular flexibility index (Phi) is 11.3. The van der Waals surface area contributed by atoms with Gasteiger partial charge >= 0.3 is 0 Å². The molecule has 1 unspecified atom stereocenters. The van der Waals surface area contributed by atoms with E-state index in [4.69, 9.17) is 0 Å². The molecule has 1 aromatic rings. The van der Waals surface area contributed by atoms with Crippen LogP contribution in [0, 0.1) is 0 Å². The Morgan fingerprint density at radius 3 is 2.60 bits per heavy atom. The molecule has 3 amide bonds. The highest BCUT2D eigenvalue weighted by Crippen LogP contribution is 2.28. The van der Waals surface area contributed by atoms with E-state index in [1.807, 2.05) is 35.0 Å². The van der Waals surface area contributed by atoms with Crippen LogP contribution in [-0.2, 0) is 20.9 Å². The summed E-state index contributed by atoms with van der Waals surface area (Å²) < 4.78 is 0. The smallest absolute Gasteiger partial charge is 0.243 e. The summed E-state index contributed by atoms with van der Waals surface area (Å²) >= 11 is 1.75. The van der Waals surface area contributed by atoms with Gasteiger partial charge in [-0.05, 0) is 63.0 Å². The molecular formula is C27H39N3O4S. The number of carbonyl (C=O) groups is 4. The lowest BCUT2D eigenvalue weighted by Crippen LogP contribution is -2.51.